The van der Waals surface area contributed by atoms with Crippen LogP contribution >= 0.6 is 6.72 Å². The van der Waals surface area contributed by atoms with Gasteiger partial charge in [-0.2, -0.15) is 0 Å². The van der Waals surface area contributed by atoms with Crippen LogP contribution in [-0.4, -0.2) is 71.7 Å². The second-order valence-corrected chi connectivity index (χ2v) is 18.3. The van der Waals surface area contributed by atoms with Gasteiger partial charge >= 0.3 is 6.72 Å². The van der Waals surface area contributed by atoms with Crippen molar-refractivity contribution in [3.05, 3.63) is 24.7 Å². The summed E-state index contributed by atoms with van der Waals surface area (Å²) in [6.45, 7) is 7.51. The fourth-order valence-electron chi connectivity index (χ4n) is 4.22. The van der Waals surface area contributed by atoms with Crippen LogP contribution in [0.15, 0.2) is 29.1 Å². The molecule has 196 valence electrons. The lowest BCUT2D eigenvalue weighted by atomic mass is 10.1. The Morgan fingerprint density at radius 1 is 1.28 bits per heavy atom. The van der Waals surface area contributed by atoms with E-state index in [0.29, 0.717) is 28.6 Å². The van der Waals surface area contributed by atoms with E-state index in [0.717, 1.165) is 0 Å². The number of aromatic nitrogens is 4. The van der Waals surface area contributed by atoms with Gasteiger partial charge in [0.15, 0.2) is 43.1 Å². The summed E-state index contributed by atoms with van der Waals surface area (Å²) in [6, 6.07) is 3.63. The van der Waals surface area contributed by atoms with Crippen molar-refractivity contribution in [3.63, 3.8) is 0 Å². The Morgan fingerprint density at radius 2 is 2.03 bits per heavy atom. The fraction of sp³-hybridized carbons (Fsp3) is 0.591. The van der Waals surface area contributed by atoms with Gasteiger partial charge in [0.2, 0.25) is 0 Å². The van der Waals surface area contributed by atoms with Crippen LogP contribution in [0, 0.1) is 0 Å². The Bertz CT molecular complexity index is 1310. The quantitative estimate of drug-likeness (QED) is 0.364. The molecule has 0 aliphatic carbocycles. The van der Waals surface area contributed by atoms with Crippen molar-refractivity contribution >= 4 is 43.8 Å². The Balaban J connectivity index is 1.70. The van der Waals surface area contributed by atoms with Crippen LogP contribution in [0.2, 0.25) is 18.1 Å². The highest BCUT2D eigenvalue weighted by molar-refractivity contribution is 8.07. The van der Waals surface area contributed by atoms with Gasteiger partial charge in [0.1, 0.15) is 24.6 Å². The van der Waals surface area contributed by atoms with E-state index in [2.05, 4.69) is 43.8 Å². The number of anilines is 1. The normalized spacial score (nSPS) is 29.0. The van der Waals surface area contributed by atoms with E-state index in [1.54, 1.807) is 12.3 Å². The van der Waals surface area contributed by atoms with E-state index in [-0.39, 0.29) is 11.6 Å². The van der Waals surface area contributed by atoms with Crippen molar-refractivity contribution in [2.75, 3.05) is 25.6 Å². The standard InChI is InChI=1S/C22H32N5O6PSSi/c1-22(2,3)36(6,7)33-17-16-14(11-30-34(28,35)32-16)31-21(17)27-18(13-9-8-10-29-13)25-15-19(26(4)5)23-12-24-20(15)27/h8-10,12,14,16-17,21H,11H2,1-7H3,(H,28,35)/t14-,16-,17-,21-,34?/m1/s1. The molecular weight excluding hydrogens is 521 g/mol. The summed E-state index contributed by atoms with van der Waals surface area (Å²) in [6.07, 6.45) is 0.685. The lowest BCUT2D eigenvalue weighted by molar-refractivity contribution is -0.0586. The molecule has 2 aliphatic rings. The van der Waals surface area contributed by atoms with Crippen molar-refractivity contribution in [1.82, 2.24) is 19.5 Å². The van der Waals surface area contributed by atoms with Crippen LogP contribution in [0.25, 0.3) is 22.7 Å². The van der Waals surface area contributed by atoms with Crippen molar-refractivity contribution in [2.45, 2.75) is 63.4 Å². The maximum Gasteiger partial charge on any atom is 0.325 e. The first kappa shape index (κ1) is 25.9. The number of ether oxygens (including phenoxy) is 1. The molecule has 0 radical (unpaired) electrons. The summed E-state index contributed by atoms with van der Waals surface area (Å²) in [4.78, 5) is 26.3. The van der Waals surface area contributed by atoms with E-state index in [1.165, 1.54) is 6.33 Å². The smallest absolute Gasteiger partial charge is 0.325 e. The van der Waals surface area contributed by atoms with Crippen molar-refractivity contribution in [2.24, 2.45) is 0 Å². The van der Waals surface area contributed by atoms with E-state index < -0.39 is 39.6 Å². The zero-order chi connectivity index (χ0) is 26.0. The van der Waals surface area contributed by atoms with Gasteiger partial charge in [0.05, 0.1) is 12.9 Å². The van der Waals surface area contributed by atoms with Gasteiger partial charge in [-0.3, -0.25) is 9.09 Å². The second-order valence-electron chi connectivity index (χ2n) is 10.8. The molecule has 2 aliphatic heterocycles. The molecule has 11 nitrogen and oxygen atoms in total. The Labute approximate surface area is 216 Å². The predicted molar refractivity (Wildman–Crippen MR) is 141 cm³/mol. The molecule has 5 rings (SSSR count). The van der Waals surface area contributed by atoms with Crippen LogP contribution in [-0.2, 0) is 30.0 Å². The Kier molecular flexibility index (Phi) is 6.45. The van der Waals surface area contributed by atoms with Crippen LogP contribution in [0.3, 0.4) is 0 Å². The summed E-state index contributed by atoms with van der Waals surface area (Å²) in [5, 5.41) is -0.0820. The van der Waals surface area contributed by atoms with Gasteiger partial charge < -0.3 is 27.9 Å². The zero-order valence-corrected chi connectivity index (χ0v) is 24.1. The van der Waals surface area contributed by atoms with Gasteiger partial charge in [0.25, 0.3) is 0 Å². The van der Waals surface area contributed by atoms with Gasteiger partial charge in [-0.1, -0.05) is 20.8 Å². The average molecular weight is 554 g/mol. The Hall–Kier alpha value is -1.70. The molecule has 1 N–H and O–H groups in total. The van der Waals surface area contributed by atoms with Crippen molar-refractivity contribution in [3.8, 4) is 11.6 Å². The van der Waals surface area contributed by atoms with Crippen LogP contribution in [0.1, 0.15) is 27.0 Å². The molecule has 3 aromatic rings. The third-order valence-electron chi connectivity index (χ3n) is 7.06. The highest BCUT2D eigenvalue weighted by Gasteiger charge is 2.56. The maximum absolute atomic E-state index is 10.5. The first-order valence-corrected chi connectivity index (χ1v) is 17.2. The lowest BCUT2D eigenvalue weighted by Crippen LogP contribution is -2.50. The fourth-order valence-corrected chi connectivity index (χ4v) is 6.94. The third kappa shape index (κ3) is 4.45. The Morgan fingerprint density at radius 3 is 2.67 bits per heavy atom. The molecule has 0 amide bonds. The number of fused-ring (bicyclic) bond motifs is 2. The minimum absolute atomic E-state index is 0.0820. The predicted octanol–water partition coefficient (Wildman–Crippen LogP) is 4.07. The number of rotatable bonds is 5. The van der Waals surface area contributed by atoms with Crippen LogP contribution in [0.4, 0.5) is 5.82 Å². The SMILES string of the molecule is CN(C)c1ncnc2c1nc(-c1ccco1)n2[C@@H]1O[C@@H]2COP(O)(=S)O[C@H]2[C@H]1O[Si](C)(C)C(C)(C)C. The summed E-state index contributed by atoms with van der Waals surface area (Å²) >= 11 is 5.20. The molecule has 2 fully saturated rings. The molecule has 0 spiro atoms. The van der Waals surface area contributed by atoms with Crippen molar-refractivity contribution < 1.29 is 27.5 Å². The molecule has 36 heavy (non-hydrogen) atoms. The number of furan rings is 1. The zero-order valence-electron chi connectivity index (χ0n) is 21.4. The molecular formula is C22H32N5O6PSSi. The number of hydrogen-bond acceptors (Lipinski definition) is 10. The monoisotopic (exact) mass is 553 g/mol. The molecule has 0 bridgehead atoms. The first-order chi connectivity index (χ1) is 16.8. The summed E-state index contributed by atoms with van der Waals surface area (Å²) in [5.74, 6) is 1.73. The molecule has 14 heteroatoms. The van der Waals surface area contributed by atoms with Crippen LogP contribution in [0.5, 0.6) is 0 Å². The minimum atomic E-state index is -3.42. The average Bonchev–Trinajstić information content (AvgIpc) is 3.49. The minimum Gasteiger partial charge on any atom is -0.461 e. The van der Waals surface area contributed by atoms with Gasteiger partial charge in [-0.25, -0.2) is 15.0 Å². The largest absolute Gasteiger partial charge is 0.461 e. The molecule has 0 aromatic carbocycles. The molecule has 0 saturated carbocycles. The number of imidazole rings is 1. The second kappa shape index (κ2) is 8.95. The highest BCUT2D eigenvalue weighted by atomic mass is 32.5. The van der Waals surface area contributed by atoms with E-state index >= 15 is 0 Å². The summed E-state index contributed by atoms with van der Waals surface area (Å²) in [7, 11) is 1.47. The van der Waals surface area contributed by atoms with E-state index in [9.17, 15) is 4.89 Å². The van der Waals surface area contributed by atoms with Gasteiger partial charge in [-0.05, 0) is 42.1 Å². The third-order valence-corrected chi connectivity index (χ3v) is 13.1. The van der Waals surface area contributed by atoms with Gasteiger partial charge in [0, 0.05) is 14.1 Å². The highest BCUT2D eigenvalue weighted by Crippen LogP contribution is 2.55. The van der Waals surface area contributed by atoms with Gasteiger partial charge in [-0.15, -0.1) is 0 Å². The molecule has 5 heterocycles. The molecule has 2 saturated heterocycles. The first-order valence-electron chi connectivity index (χ1n) is 11.7. The maximum atomic E-state index is 10.5. The summed E-state index contributed by atoms with van der Waals surface area (Å²) in [5.41, 5.74) is 1.17. The molecule has 1 unspecified atom stereocenters. The lowest BCUT2D eigenvalue weighted by Gasteiger charge is -2.41. The topological polar surface area (TPSA) is 117 Å². The summed E-state index contributed by atoms with van der Waals surface area (Å²) < 4.78 is 32.5. The van der Waals surface area contributed by atoms with Crippen molar-refractivity contribution in [1.29, 1.82) is 0 Å². The van der Waals surface area contributed by atoms with E-state index in [1.807, 2.05) is 29.6 Å². The number of nitrogens with zero attached hydrogens (tertiary/aromatic N) is 5. The van der Waals surface area contributed by atoms with Crippen LogP contribution < -0.4 is 4.90 Å². The molecule has 5 atom stereocenters. The molecule has 3 aromatic heterocycles. The number of hydrogen-bond donors (Lipinski definition) is 1. The van der Waals surface area contributed by atoms with E-state index in [4.69, 9.17) is 39.4 Å².